The van der Waals surface area contributed by atoms with Gasteiger partial charge in [-0.25, -0.2) is 10.2 Å². The molecule has 0 saturated carbocycles. The average molecular weight is 606 g/mol. The van der Waals surface area contributed by atoms with E-state index in [9.17, 15) is 14.4 Å². The van der Waals surface area contributed by atoms with Crippen LogP contribution in [0.5, 0.6) is 5.75 Å². The first kappa shape index (κ1) is 23.6. The zero-order valence-corrected chi connectivity index (χ0v) is 20.3. The zero-order valence-electron chi connectivity index (χ0n) is 16.5. The maximum Gasteiger partial charge on any atom is 0.343 e. The minimum atomic E-state index is -0.466. The van der Waals surface area contributed by atoms with Crippen LogP contribution in [0.3, 0.4) is 0 Å². The van der Waals surface area contributed by atoms with Crippen LogP contribution in [0.4, 0.5) is 0 Å². The molecule has 32 heavy (non-hydrogen) atoms. The molecule has 0 atom stereocenters. The van der Waals surface area contributed by atoms with Gasteiger partial charge < -0.3 is 10.1 Å². The SMILES string of the molecule is O=C(CNC(=O)c1ccccc1I)N/N=C\c1ccc(OC(=O)c2cccc(Br)c2)cc1. The van der Waals surface area contributed by atoms with Crippen LogP contribution in [0, 0.1) is 3.57 Å². The summed E-state index contributed by atoms with van der Waals surface area (Å²) in [5.41, 5.74) is 3.98. The summed E-state index contributed by atoms with van der Waals surface area (Å²) in [5, 5.41) is 6.42. The van der Waals surface area contributed by atoms with E-state index in [-0.39, 0.29) is 12.5 Å². The molecule has 0 radical (unpaired) electrons. The molecule has 0 bridgehead atoms. The van der Waals surface area contributed by atoms with Gasteiger partial charge in [0.2, 0.25) is 0 Å². The van der Waals surface area contributed by atoms with E-state index < -0.39 is 11.9 Å². The molecule has 0 aliphatic heterocycles. The number of carbonyl (C=O) groups excluding carboxylic acids is 3. The van der Waals surface area contributed by atoms with E-state index in [1.807, 2.05) is 18.2 Å². The van der Waals surface area contributed by atoms with Crippen molar-refractivity contribution < 1.29 is 19.1 Å². The van der Waals surface area contributed by atoms with Gasteiger partial charge in [-0.05, 0) is 82.8 Å². The molecule has 3 rings (SSSR count). The molecule has 0 saturated heterocycles. The number of nitrogens with one attached hydrogen (secondary N) is 2. The van der Waals surface area contributed by atoms with E-state index in [4.69, 9.17) is 4.74 Å². The predicted molar refractivity (Wildman–Crippen MR) is 133 cm³/mol. The highest BCUT2D eigenvalue weighted by molar-refractivity contribution is 14.1. The first-order valence-corrected chi connectivity index (χ1v) is 11.2. The van der Waals surface area contributed by atoms with Gasteiger partial charge in [-0.2, -0.15) is 5.10 Å². The molecule has 162 valence electrons. The number of carbonyl (C=O) groups is 3. The molecular weight excluding hydrogens is 589 g/mol. The van der Waals surface area contributed by atoms with E-state index in [0.29, 0.717) is 22.4 Å². The Morgan fingerprint density at radius 3 is 2.47 bits per heavy atom. The van der Waals surface area contributed by atoms with Crippen LogP contribution in [0.25, 0.3) is 0 Å². The summed E-state index contributed by atoms with van der Waals surface area (Å²) in [6, 6.07) is 20.6. The molecule has 3 aromatic carbocycles. The number of hydrazone groups is 1. The smallest absolute Gasteiger partial charge is 0.343 e. The molecule has 9 heteroatoms. The maximum absolute atomic E-state index is 12.2. The largest absolute Gasteiger partial charge is 0.423 e. The number of nitrogens with zero attached hydrogens (tertiary/aromatic N) is 1. The van der Waals surface area contributed by atoms with E-state index in [1.54, 1.807) is 54.6 Å². The van der Waals surface area contributed by atoms with Gasteiger partial charge in [0.1, 0.15) is 5.75 Å². The van der Waals surface area contributed by atoms with Crippen molar-refractivity contribution in [1.29, 1.82) is 0 Å². The molecule has 0 fully saturated rings. The van der Waals surface area contributed by atoms with Gasteiger partial charge in [-0.15, -0.1) is 0 Å². The van der Waals surface area contributed by atoms with Gasteiger partial charge in [0.15, 0.2) is 0 Å². The Balaban J connectivity index is 1.46. The first-order chi connectivity index (χ1) is 15.4. The Morgan fingerprint density at radius 2 is 1.75 bits per heavy atom. The third kappa shape index (κ3) is 6.99. The lowest BCUT2D eigenvalue weighted by molar-refractivity contribution is -0.120. The van der Waals surface area contributed by atoms with Crippen LogP contribution in [0.2, 0.25) is 0 Å². The predicted octanol–water partition coefficient (Wildman–Crippen LogP) is 4.15. The molecule has 0 unspecified atom stereocenters. The van der Waals surface area contributed by atoms with E-state index in [2.05, 4.69) is 54.4 Å². The van der Waals surface area contributed by atoms with E-state index in [1.165, 1.54) is 6.21 Å². The molecule has 7 nitrogen and oxygen atoms in total. The van der Waals surface area contributed by atoms with E-state index in [0.717, 1.165) is 8.04 Å². The van der Waals surface area contributed by atoms with Crippen molar-refractivity contribution in [3.8, 4) is 5.75 Å². The Morgan fingerprint density at radius 1 is 1.00 bits per heavy atom. The number of hydrogen-bond donors (Lipinski definition) is 2. The van der Waals surface area contributed by atoms with Crippen LogP contribution in [0.1, 0.15) is 26.3 Å². The molecule has 2 N–H and O–H groups in total. The second kappa shape index (κ2) is 11.5. The molecule has 0 heterocycles. The summed E-state index contributed by atoms with van der Waals surface area (Å²) in [5.74, 6) is -0.871. The Hall–Kier alpha value is -3.05. The monoisotopic (exact) mass is 605 g/mol. The summed E-state index contributed by atoms with van der Waals surface area (Å²) < 4.78 is 6.92. The number of benzene rings is 3. The minimum absolute atomic E-state index is 0.203. The normalized spacial score (nSPS) is 10.6. The third-order valence-electron chi connectivity index (χ3n) is 4.08. The van der Waals surface area contributed by atoms with Crippen LogP contribution in [0.15, 0.2) is 82.4 Å². The summed E-state index contributed by atoms with van der Waals surface area (Å²) in [7, 11) is 0. The lowest BCUT2D eigenvalue weighted by Gasteiger charge is -2.06. The van der Waals surface area contributed by atoms with Crippen molar-refractivity contribution >= 4 is 62.5 Å². The maximum atomic E-state index is 12.2. The van der Waals surface area contributed by atoms with Crippen LogP contribution < -0.4 is 15.5 Å². The van der Waals surface area contributed by atoms with Gasteiger partial charge in [0.05, 0.1) is 23.9 Å². The molecule has 3 aromatic rings. The Kier molecular flexibility index (Phi) is 8.51. The summed E-state index contributed by atoms with van der Waals surface area (Å²) in [4.78, 5) is 36.2. The summed E-state index contributed by atoms with van der Waals surface area (Å²) in [6.07, 6.45) is 1.44. The number of hydrogen-bond acceptors (Lipinski definition) is 5. The topological polar surface area (TPSA) is 96.9 Å². The highest BCUT2D eigenvalue weighted by Crippen LogP contribution is 2.16. The van der Waals surface area contributed by atoms with Crippen molar-refractivity contribution in [3.63, 3.8) is 0 Å². The lowest BCUT2D eigenvalue weighted by Crippen LogP contribution is -2.35. The highest BCUT2D eigenvalue weighted by atomic mass is 127. The van der Waals surface area contributed by atoms with Crippen molar-refractivity contribution in [2.24, 2.45) is 5.10 Å². The number of halogens is 2. The minimum Gasteiger partial charge on any atom is -0.423 e. The molecule has 0 aliphatic rings. The second-order valence-electron chi connectivity index (χ2n) is 6.42. The summed E-state index contributed by atoms with van der Waals surface area (Å²) >= 11 is 5.38. The van der Waals surface area contributed by atoms with Crippen LogP contribution >= 0.6 is 38.5 Å². The first-order valence-electron chi connectivity index (χ1n) is 9.35. The van der Waals surface area contributed by atoms with Gasteiger partial charge in [0.25, 0.3) is 11.8 Å². The molecule has 2 amide bonds. The van der Waals surface area contributed by atoms with Gasteiger partial charge in [0, 0.05) is 8.04 Å². The molecule has 0 spiro atoms. The number of rotatable bonds is 7. The van der Waals surface area contributed by atoms with E-state index >= 15 is 0 Å². The number of esters is 1. The lowest BCUT2D eigenvalue weighted by atomic mass is 10.2. The Labute approximate surface area is 206 Å². The Bertz CT molecular complexity index is 1170. The number of ether oxygens (including phenoxy) is 1. The van der Waals surface area contributed by atoms with Crippen molar-refractivity contribution in [2.45, 2.75) is 0 Å². The van der Waals surface area contributed by atoms with Gasteiger partial charge in [-0.3, -0.25) is 9.59 Å². The molecule has 0 aromatic heterocycles. The fourth-order valence-corrected chi connectivity index (χ4v) is 3.55. The fourth-order valence-electron chi connectivity index (χ4n) is 2.52. The average Bonchev–Trinajstić information content (AvgIpc) is 2.79. The third-order valence-corrected chi connectivity index (χ3v) is 5.52. The standard InChI is InChI=1S/C23H17BrIN3O4/c24-17-5-3-4-16(12-17)23(31)32-18-10-8-15(9-11-18)13-27-28-21(29)14-26-22(30)19-6-1-2-7-20(19)25/h1-13H,14H2,(H,26,30)(H,28,29)/b27-13-. The second-order valence-corrected chi connectivity index (χ2v) is 8.50. The van der Waals surface area contributed by atoms with Crippen LogP contribution in [-0.4, -0.2) is 30.5 Å². The highest BCUT2D eigenvalue weighted by Gasteiger charge is 2.10. The quantitative estimate of drug-likeness (QED) is 0.139. The van der Waals surface area contributed by atoms with Crippen molar-refractivity contribution in [3.05, 3.63) is 97.5 Å². The van der Waals surface area contributed by atoms with Crippen LogP contribution in [-0.2, 0) is 4.79 Å². The van der Waals surface area contributed by atoms with Crippen molar-refractivity contribution in [1.82, 2.24) is 10.7 Å². The molecule has 0 aliphatic carbocycles. The fraction of sp³-hybridized carbons (Fsp3) is 0.0435. The van der Waals surface area contributed by atoms with Gasteiger partial charge >= 0.3 is 5.97 Å². The van der Waals surface area contributed by atoms with Crippen molar-refractivity contribution in [2.75, 3.05) is 6.54 Å². The zero-order chi connectivity index (χ0) is 22.9. The van der Waals surface area contributed by atoms with Gasteiger partial charge in [-0.1, -0.05) is 34.1 Å². The summed E-state index contributed by atoms with van der Waals surface area (Å²) in [6.45, 7) is -0.203. The molecular formula is C23H17BrIN3O4. The number of amides is 2.